The summed E-state index contributed by atoms with van der Waals surface area (Å²) in [6.07, 6.45) is -7.15. The minimum atomic E-state index is -2.95. The Morgan fingerprint density at radius 2 is 1.30 bits per heavy atom. The van der Waals surface area contributed by atoms with Crippen LogP contribution in [-0.4, -0.2) is 66.9 Å². The molecule has 1 fully saturated rings. The average molecular weight is 523 g/mol. The molecule has 3 N–H and O–H groups in total. The zero-order chi connectivity index (χ0) is 26.6. The Bertz CT molecular complexity index is 1110. The van der Waals surface area contributed by atoms with Crippen LogP contribution in [0.1, 0.15) is 31.1 Å². The summed E-state index contributed by atoms with van der Waals surface area (Å²) < 4.78 is 17.8. The highest BCUT2D eigenvalue weighted by Gasteiger charge is 2.52. The maximum atomic E-state index is 12.6. The molecule has 1 aliphatic heterocycles. The third-order valence-electron chi connectivity index (χ3n) is 6.79. The van der Waals surface area contributed by atoms with Crippen LogP contribution in [0.25, 0.3) is 0 Å². The minimum Gasteiger partial charge on any atom is -0.453 e. The van der Waals surface area contributed by atoms with Gasteiger partial charge in [0.25, 0.3) is 8.32 Å². The quantitative estimate of drug-likeness (QED) is 0.323. The number of benzene rings is 3. The van der Waals surface area contributed by atoms with Crippen molar-refractivity contribution >= 4 is 24.7 Å². The summed E-state index contributed by atoms with van der Waals surface area (Å²) in [5, 5.41) is 33.8. The summed E-state index contributed by atoms with van der Waals surface area (Å²) in [5.41, 5.74) is 0.267. The monoisotopic (exact) mass is 522 g/mol. The first-order valence-corrected chi connectivity index (χ1v) is 14.3. The van der Waals surface area contributed by atoms with Crippen molar-refractivity contribution in [1.82, 2.24) is 0 Å². The second-order valence-electron chi connectivity index (χ2n) is 10.3. The van der Waals surface area contributed by atoms with Gasteiger partial charge in [0.2, 0.25) is 0 Å². The zero-order valence-electron chi connectivity index (χ0n) is 21.2. The largest absolute Gasteiger partial charge is 0.453 e. The van der Waals surface area contributed by atoms with Crippen LogP contribution >= 0.6 is 0 Å². The van der Waals surface area contributed by atoms with Crippen LogP contribution in [0.15, 0.2) is 91.0 Å². The van der Waals surface area contributed by atoms with Crippen LogP contribution in [0, 0.1) is 0 Å². The molecule has 1 heterocycles. The number of rotatable bonds is 7. The zero-order valence-corrected chi connectivity index (χ0v) is 22.2. The van der Waals surface area contributed by atoms with Gasteiger partial charge in [-0.1, -0.05) is 99.6 Å². The van der Waals surface area contributed by atoms with Crippen LogP contribution in [0.4, 0.5) is 0 Å². The fraction of sp³-hybridized carbons (Fsp3) is 0.345. The van der Waals surface area contributed by atoms with Gasteiger partial charge in [0, 0.05) is 0 Å². The molecule has 3 aromatic rings. The molecule has 0 bridgehead atoms. The van der Waals surface area contributed by atoms with Crippen molar-refractivity contribution in [3.05, 3.63) is 96.6 Å². The van der Waals surface area contributed by atoms with Crippen LogP contribution in [0.5, 0.6) is 0 Å². The standard InChI is InChI=1S/C29H34O7Si/c1-29(2,3)37(21-15-9-5-10-16-21,22-17-11-6-12-18-22)34-19-23-24(30)26(25(31)28(33)35-23)36-27(32)20-13-7-4-8-14-20/h4-18,23-26,28,30-31,33H,19H2,1-3H3/t23-,24+,25-,26+,28-/m1/s1. The predicted octanol–water partition coefficient (Wildman–Crippen LogP) is 2.23. The maximum absolute atomic E-state index is 12.6. The van der Waals surface area contributed by atoms with Gasteiger partial charge >= 0.3 is 5.97 Å². The number of hydrogen-bond acceptors (Lipinski definition) is 7. The van der Waals surface area contributed by atoms with Gasteiger partial charge < -0.3 is 29.2 Å². The second-order valence-corrected chi connectivity index (χ2v) is 14.6. The van der Waals surface area contributed by atoms with Crippen molar-refractivity contribution in [2.24, 2.45) is 0 Å². The van der Waals surface area contributed by atoms with Crippen LogP contribution in [0.3, 0.4) is 0 Å². The smallest absolute Gasteiger partial charge is 0.338 e. The summed E-state index contributed by atoms with van der Waals surface area (Å²) in [6, 6.07) is 28.3. The molecule has 8 heteroatoms. The molecule has 0 amide bonds. The highest BCUT2D eigenvalue weighted by atomic mass is 28.4. The number of ether oxygens (including phenoxy) is 2. The topological polar surface area (TPSA) is 105 Å². The Morgan fingerprint density at radius 3 is 1.78 bits per heavy atom. The summed E-state index contributed by atoms with van der Waals surface area (Å²) >= 11 is 0. The van der Waals surface area contributed by atoms with Gasteiger partial charge in [-0.2, -0.15) is 0 Å². The van der Waals surface area contributed by atoms with Gasteiger partial charge in [-0.3, -0.25) is 0 Å². The Kier molecular flexibility index (Phi) is 8.28. The summed E-state index contributed by atoms with van der Waals surface area (Å²) in [7, 11) is -2.95. The Hall–Kier alpha value is -2.85. The van der Waals surface area contributed by atoms with Gasteiger partial charge in [0.15, 0.2) is 12.4 Å². The van der Waals surface area contributed by atoms with Crippen molar-refractivity contribution in [2.45, 2.75) is 56.5 Å². The SMILES string of the molecule is CC(C)(C)[Si](OC[C@H]1O[C@@H](O)[C@H](O)[C@@H](OC(=O)c2ccccc2)[C@H]1O)(c1ccccc1)c1ccccc1. The van der Waals surface area contributed by atoms with E-state index in [4.69, 9.17) is 13.9 Å². The lowest BCUT2D eigenvalue weighted by Crippen LogP contribution is -2.68. The first-order valence-electron chi connectivity index (χ1n) is 12.4. The predicted molar refractivity (Wildman–Crippen MR) is 142 cm³/mol. The van der Waals surface area contributed by atoms with E-state index in [0.29, 0.717) is 0 Å². The molecule has 0 saturated carbocycles. The van der Waals surface area contributed by atoms with Gasteiger partial charge in [-0.05, 0) is 27.5 Å². The molecule has 1 saturated heterocycles. The van der Waals surface area contributed by atoms with Crippen LogP contribution < -0.4 is 10.4 Å². The van der Waals surface area contributed by atoms with Crippen LogP contribution in [0.2, 0.25) is 5.04 Å². The number of hydrogen-bond donors (Lipinski definition) is 3. The third-order valence-corrected chi connectivity index (χ3v) is 11.8. The number of carbonyl (C=O) groups is 1. The molecule has 0 aromatic heterocycles. The molecule has 0 spiro atoms. The number of aliphatic hydroxyl groups excluding tert-OH is 3. The highest BCUT2D eigenvalue weighted by molar-refractivity contribution is 6.99. The summed E-state index contributed by atoms with van der Waals surface area (Å²) in [5.74, 6) is -0.718. The van der Waals surface area contributed by atoms with Crippen LogP contribution in [-0.2, 0) is 13.9 Å². The van der Waals surface area contributed by atoms with E-state index >= 15 is 0 Å². The maximum Gasteiger partial charge on any atom is 0.338 e. The van der Waals surface area contributed by atoms with Gasteiger partial charge in [0.05, 0.1) is 12.2 Å². The Morgan fingerprint density at radius 1 is 0.811 bits per heavy atom. The summed E-state index contributed by atoms with van der Waals surface area (Å²) in [6.45, 7) is 6.29. The normalized spacial score (nSPS) is 24.4. The van der Waals surface area contributed by atoms with E-state index in [1.54, 1.807) is 30.3 Å². The lowest BCUT2D eigenvalue weighted by Gasteiger charge is -2.45. The van der Waals surface area contributed by atoms with E-state index in [0.717, 1.165) is 10.4 Å². The van der Waals surface area contributed by atoms with E-state index in [9.17, 15) is 20.1 Å². The molecule has 5 atom stereocenters. The third kappa shape index (κ3) is 5.55. The number of esters is 1. The lowest BCUT2D eigenvalue weighted by molar-refractivity contribution is -0.285. The first-order chi connectivity index (χ1) is 17.6. The van der Waals surface area contributed by atoms with Crippen molar-refractivity contribution in [3.8, 4) is 0 Å². The second kappa shape index (κ2) is 11.3. The highest BCUT2D eigenvalue weighted by Crippen LogP contribution is 2.37. The van der Waals surface area contributed by atoms with Crippen molar-refractivity contribution in [1.29, 1.82) is 0 Å². The Labute approximate surface area is 218 Å². The van der Waals surface area contributed by atoms with E-state index in [1.807, 2.05) is 60.7 Å². The Balaban J connectivity index is 1.63. The average Bonchev–Trinajstić information content (AvgIpc) is 2.90. The molecule has 0 unspecified atom stereocenters. The number of aliphatic hydroxyl groups is 3. The van der Waals surface area contributed by atoms with Gasteiger partial charge in [-0.25, -0.2) is 4.79 Å². The van der Waals surface area contributed by atoms with Crippen molar-refractivity contribution in [2.75, 3.05) is 6.61 Å². The lowest BCUT2D eigenvalue weighted by atomic mass is 9.99. The fourth-order valence-corrected chi connectivity index (χ4v) is 9.50. The van der Waals surface area contributed by atoms with E-state index in [1.165, 1.54) is 0 Å². The molecule has 7 nitrogen and oxygen atoms in total. The van der Waals surface area contributed by atoms with E-state index < -0.39 is 45.0 Å². The summed E-state index contributed by atoms with van der Waals surface area (Å²) in [4.78, 5) is 12.6. The molecule has 37 heavy (non-hydrogen) atoms. The molecule has 3 aromatic carbocycles. The van der Waals surface area contributed by atoms with E-state index in [2.05, 4.69) is 20.8 Å². The molecule has 196 valence electrons. The first kappa shape index (κ1) is 27.2. The number of carbonyl (C=O) groups excluding carboxylic acids is 1. The minimum absolute atomic E-state index is 0.0857. The molecule has 0 radical (unpaired) electrons. The van der Waals surface area contributed by atoms with Crippen molar-refractivity contribution < 1.29 is 34.0 Å². The molecule has 0 aliphatic carbocycles. The van der Waals surface area contributed by atoms with E-state index in [-0.39, 0.29) is 17.2 Å². The van der Waals surface area contributed by atoms with Crippen molar-refractivity contribution in [3.63, 3.8) is 0 Å². The molecular weight excluding hydrogens is 488 g/mol. The van der Waals surface area contributed by atoms with Gasteiger partial charge in [0.1, 0.15) is 18.3 Å². The fourth-order valence-electron chi connectivity index (χ4n) is 4.93. The van der Waals surface area contributed by atoms with Gasteiger partial charge in [-0.15, -0.1) is 0 Å². The molecular formula is C29H34O7Si. The molecule has 4 rings (SSSR count). The molecule has 1 aliphatic rings.